The van der Waals surface area contributed by atoms with Crippen LogP contribution in [0.5, 0.6) is 0 Å². The Morgan fingerprint density at radius 2 is 2.06 bits per heavy atom. The van der Waals surface area contributed by atoms with Gasteiger partial charge < -0.3 is 10.2 Å². The lowest BCUT2D eigenvalue weighted by atomic mass is 9.84. The minimum atomic E-state index is -1.03. The number of aliphatic hydroxyl groups is 1. The fraction of sp³-hybridized carbons (Fsp3) is 0.583. The lowest BCUT2D eigenvalue weighted by Crippen LogP contribution is -2.21. The molecule has 1 aliphatic rings. The maximum absolute atomic E-state index is 11.1. The van der Waals surface area contributed by atoms with Gasteiger partial charge in [0.15, 0.2) is 0 Å². The average molecular weight is 271 g/mol. The summed E-state index contributed by atoms with van der Waals surface area (Å²) in [6.07, 6.45) is 4.94. The third-order valence-electron chi connectivity index (χ3n) is 3.37. The molecule has 0 aliphatic heterocycles. The number of carboxylic acid groups (broad SMARTS) is 1. The summed E-state index contributed by atoms with van der Waals surface area (Å²) in [5.74, 6) is -0.671. The van der Waals surface area contributed by atoms with Crippen molar-refractivity contribution in [2.75, 3.05) is 0 Å². The van der Waals surface area contributed by atoms with Crippen LogP contribution in [0, 0.1) is 5.92 Å². The lowest BCUT2D eigenvalue weighted by Gasteiger charge is -2.25. The van der Waals surface area contributed by atoms with Crippen LogP contribution in [-0.2, 0) is 6.42 Å². The molecule has 18 heavy (non-hydrogen) atoms. The summed E-state index contributed by atoms with van der Waals surface area (Å²) < 4.78 is 0. The third kappa shape index (κ3) is 3.17. The summed E-state index contributed by atoms with van der Waals surface area (Å²) in [6.45, 7) is 0. The topological polar surface area (TPSA) is 83.3 Å². The Balaban J connectivity index is 2.12. The van der Waals surface area contributed by atoms with Crippen molar-refractivity contribution in [3.63, 3.8) is 0 Å². The molecule has 1 fully saturated rings. The van der Waals surface area contributed by atoms with Crippen LogP contribution >= 0.6 is 11.6 Å². The average Bonchev–Trinajstić information content (AvgIpc) is 2.32. The van der Waals surface area contributed by atoms with E-state index in [-0.39, 0.29) is 17.0 Å². The molecule has 0 atom stereocenters. The number of hydrogen-bond acceptors (Lipinski definition) is 4. The number of nitrogens with zero attached hydrogens (tertiary/aromatic N) is 2. The molecule has 1 aromatic heterocycles. The normalized spacial score (nSPS) is 23.9. The molecular formula is C12H15ClN2O3. The van der Waals surface area contributed by atoms with Gasteiger partial charge in [0, 0.05) is 6.20 Å². The number of halogens is 1. The molecule has 2 N–H and O–H groups in total. The van der Waals surface area contributed by atoms with Gasteiger partial charge in [-0.1, -0.05) is 0 Å². The van der Waals surface area contributed by atoms with Crippen molar-refractivity contribution >= 4 is 17.6 Å². The third-order valence-corrected chi connectivity index (χ3v) is 3.55. The Kier molecular flexibility index (Phi) is 4.14. The molecule has 0 radical (unpaired) electrons. The first-order chi connectivity index (χ1) is 8.56. The number of aliphatic hydroxyl groups excluding tert-OH is 1. The van der Waals surface area contributed by atoms with E-state index in [1.54, 1.807) is 0 Å². The number of carboxylic acids is 1. The van der Waals surface area contributed by atoms with Crippen LogP contribution in [0.2, 0.25) is 5.28 Å². The van der Waals surface area contributed by atoms with E-state index in [0.717, 1.165) is 25.7 Å². The highest BCUT2D eigenvalue weighted by molar-refractivity contribution is 6.28. The Labute approximate surface area is 110 Å². The Morgan fingerprint density at radius 1 is 1.39 bits per heavy atom. The van der Waals surface area contributed by atoms with E-state index >= 15 is 0 Å². The van der Waals surface area contributed by atoms with Gasteiger partial charge in [-0.2, -0.15) is 0 Å². The Hall–Kier alpha value is -1.20. The number of hydrogen-bond donors (Lipinski definition) is 2. The molecule has 0 aromatic carbocycles. The molecule has 6 heteroatoms. The number of carbonyl (C=O) groups is 1. The summed E-state index contributed by atoms with van der Waals surface area (Å²) in [4.78, 5) is 18.8. The minimum absolute atomic E-state index is 0.0749. The molecule has 0 spiro atoms. The highest BCUT2D eigenvalue weighted by atomic mass is 35.5. The van der Waals surface area contributed by atoms with Gasteiger partial charge in [0.2, 0.25) is 5.28 Å². The van der Waals surface area contributed by atoms with Gasteiger partial charge in [-0.25, -0.2) is 14.8 Å². The molecule has 1 saturated carbocycles. The van der Waals surface area contributed by atoms with Crippen LogP contribution in [0.1, 0.15) is 41.7 Å². The fourth-order valence-electron chi connectivity index (χ4n) is 2.35. The van der Waals surface area contributed by atoms with Gasteiger partial charge >= 0.3 is 5.97 Å². The number of aromatic nitrogens is 2. The minimum Gasteiger partial charge on any atom is -0.478 e. The van der Waals surface area contributed by atoms with Gasteiger partial charge in [0.25, 0.3) is 0 Å². The Bertz CT molecular complexity index is 445. The number of rotatable bonds is 3. The van der Waals surface area contributed by atoms with Crippen LogP contribution in [-0.4, -0.2) is 32.3 Å². The first-order valence-electron chi connectivity index (χ1n) is 5.99. The quantitative estimate of drug-likeness (QED) is 0.820. The zero-order valence-electron chi connectivity index (χ0n) is 9.84. The van der Waals surface area contributed by atoms with Crippen molar-refractivity contribution in [2.24, 2.45) is 5.92 Å². The van der Waals surface area contributed by atoms with E-state index in [1.807, 2.05) is 0 Å². The predicted octanol–water partition coefficient (Wildman–Crippen LogP) is 1.92. The first kappa shape index (κ1) is 13.2. The molecule has 1 heterocycles. The van der Waals surface area contributed by atoms with E-state index in [2.05, 4.69) is 9.97 Å². The fourth-order valence-corrected chi connectivity index (χ4v) is 2.50. The first-order valence-corrected chi connectivity index (χ1v) is 6.37. The highest BCUT2D eigenvalue weighted by Gasteiger charge is 2.22. The maximum atomic E-state index is 11.1. The summed E-state index contributed by atoms with van der Waals surface area (Å²) >= 11 is 5.71. The second kappa shape index (κ2) is 5.63. The molecule has 1 aliphatic carbocycles. The summed E-state index contributed by atoms with van der Waals surface area (Å²) in [6, 6.07) is 0. The van der Waals surface area contributed by atoms with Crippen LogP contribution in [0.15, 0.2) is 6.20 Å². The van der Waals surface area contributed by atoms with Crippen molar-refractivity contribution < 1.29 is 15.0 Å². The van der Waals surface area contributed by atoms with Gasteiger partial charge in [0.1, 0.15) is 0 Å². The molecule has 5 nitrogen and oxygen atoms in total. The van der Waals surface area contributed by atoms with Crippen molar-refractivity contribution in [2.45, 2.75) is 38.2 Å². The second-order valence-corrected chi connectivity index (χ2v) is 5.02. The van der Waals surface area contributed by atoms with Crippen molar-refractivity contribution in [1.82, 2.24) is 9.97 Å². The summed E-state index contributed by atoms with van der Waals surface area (Å²) in [5.41, 5.74) is 0.606. The molecule has 2 rings (SSSR count). The van der Waals surface area contributed by atoms with Gasteiger partial charge in [-0.3, -0.25) is 0 Å². The van der Waals surface area contributed by atoms with Gasteiger partial charge in [-0.15, -0.1) is 0 Å². The van der Waals surface area contributed by atoms with Crippen LogP contribution in [0.4, 0.5) is 0 Å². The SMILES string of the molecule is O=C(O)c1cnc(Cl)nc1CC1CCC(O)CC1. The van der Waals surface area contributed by atoms with E-state index in [1.165, 1.54) is 6.20 Å². The standard InChI is InChI=1S/C12H15ClN2O3/c13-12-14-6-9(11(17)18)10(15-12)5-7-1-3-8(16)4-2-7/h6-8,16H,1-5H2,(H,17,18). The predicted molar refractivity (Wildman–Crippen MR) is 65.7 cm³/mol. The highest BCUT2D eigenvalue weighted by Crippen LogP contribution is 2.27. The zero-order chi connectivity index (χ0) is 13.1. The maximum Gasteiger partial charge on any atom is 0.339 e. The Morgan fingerprint density at radius 3 is 2.67 bits per heavy atom. The number of aromatic carboxylic acids is 1. The summed E-state index contributed by atoms with van der Waals surface area (Å²) in [7, 11) is 0. The van der Waals surface area contributed by atoms with E-state index < -0.39 is 5.97 Å². The molecule has 0 unspecified atom stereocenters. The molecule has 0 bridgehead atoms. The van der Waals surface area contributed by atoms with E-state index in [0.29, 0.717) is 18.0 Å². The van der Waals surface area contributed by atoms with Crippen molar-refractivity contribution in [3.05, 3.63) is 22.7 Å². The molecule has 98 valence electrons. The van der Waals surface area contributed by atoms with Crippen LogP contribution in [0.3, 0.4) is 0 Å². The van der Waals surface area contributed by atoms with E-state index in [9.17, 15) is 9.90 Å². The van der Waals surface area contributed by atoms with Crippen LogP contribution < -0.4 is 0 Å². The molecule has 1 aromatic rings. The molecule has 0 amide bonds. The molecular weight excluding hydrogens is 256 g/mol. The van der Waals surface area contributed by atoms with Crippen LogP contribution in [0.25, 0.3) is 0 Å². The smallest absolute Gasteiger partial charge is 0.339 e. The zero-order valence-corrected chi connectivity index (χ0v) is 10.6. The van der Waals surface area contributed by atoms with Crippen molar-refractivity contribution in [3.8, 4) is 0 Å². The second-order valence-electron chi connectivity index (χ2n) is 4.68. The van der Waals surface area contributed by atoms with Gasteiger partial charge in [-0.05, 0) is 49.6 Å². The monoisotopic (exact) mass is 270 g/mol. The van der Waals surface area contributed by atoms with Crippen molar-refractivity contribution in [1.29, 1.82) is 0 Å². The summed E-state index contributed by atoms with van der Waals surface area (Å²) in [5, 5.41) is 18.6. The van der Waals surface area contributed by atoms with E-state index in [4.69, 9.17) is 16.7 Å². The lowest BCUT2D eigenvalue weighted by molar-refractivity contribution is 0.0693. The van der Waals surface area contributed by atoms with Gasteiger partial charge in [0.05, 0.1) is 17.4 Å². The largest absolute Gasteiger partial charge is 0.478 e. The molecule has 0 saturated heterocycles.